The Morgan fingerprint density at radius 2 is 1.81 bits per heavy atom. The number of para-hydroxylation sites is 2. The van der Waals surface area contributed by atoms with E-state index >= 15 is 0 Å². The van der Waals surface area contributed by atoms with Crippen molar-refractivity contribution in [2.24, 2.45) is 9.98 Å². The number of fused-ring (bicyclic) bond motifs is 1. The number of carbonyl (C=O) groups is 1. The third-order valence-corrected chi connectivity index (χ3v) is 6.38. The lowest BCUT2D eigenvalue weighted by atomic mass is 9.97. The highest BCUT2D eigenvalue weighted by atomic mass is 32.2. The molecule has 4 rings (SSSR count). The van der Waals surface area contributed by atoms with Crippen LogP contribution in [0.1, 0.15) is 44.1 Å². The van der Waals surface area contributed by atoms with Crippen LogP contribution in [0.15, 0.2) is 70.2 Å². The van der Waals surface area contributed by atoms with Crippen molar-refractivity contribution in [3.05, 3.63) is 71.6 Å². The lowest BCUT2D eigenvalue weighted by Gasteiger charge is -2.13. The molecule has 1 heterocycles. The van der Waals surface area contributed by atoms with Crippen LogP contribution in [-0.4, -0.2) is 29.0 Å². The van der Waals surface area contributed by atoms with Gasteiger partial charge in [0.15, 0.2) is 0 Å². The van der Waals surface area contributed by atoms with E-state index in [1.165, 1.54) is 48.7 Å². The van der Waals surface area contributed by atoms with Crippen LogP contribution in [0.4, 0.5) is 15.8 Å². The number of rotatable bonds is 6. The first-order valence-electron chi connectivity index (χ1n) is 10.7. The monoisotopic (exact) mass is 435 g/mol. The minimum Gasteiger partial charge on any atom is -0.355 e. The number of benzene rings is 2. The number of nitrogens with one attached hydrogen (secondary N) is 1. The van der Waals surface area contributed by atoms with Gasteiger partial charge >= 0.3 is 0 Å². The van der Waals surface area contributed by atoms with Gasteiger partial charge in [-0.1, -0.05) is 35.9 Å². The van der Waals surface area contributed by atoms with Gasteiger partial charge in [-0.15, -0.1) is 11.8 Å². The SMILES string of the molecule is O=C(CSC1=Nc2ccccc2N=C(c2ccc(F)cc2)C1)NCCC1=CCCCC1. The largest absolute Gasteiger partial charge is 0.355 e. The third-order valence-electron chi connectivity index (χ3n) is 5.40. The van der Waals surface area contributed by atoms with E-state index in [0.29, 0.717) is 18.7 Å². The zero-order valence-corrected chi connectivity index (χ0v) is 18.3. The van der Waals surface area contributed by atoms with E-state index in [0.717, 1.165) is 40.5 Å². The fourth-order valence-corrected chi connectivity index (χ4v) is 4.54. The quantitative estimate of drug-likeness (QED) is 0.556. The Balaban J connectivity index is 1.39. The Kier molecular flexibility index (Phi) is 7.30. The molecule has 0 radical (unpaired) electrons. The second-order valence-corrected chi connectivity index (χ2v) is 8.78. The molecule has 6 heteroatoms. The summed E-state index contributed by atoms with van der Waals surface area (Å²) in [6, 6.07) is 14.0. The van der Waals surface area contributed by atoms with Gasteiger partial charge in [-0.25, -0.2) is 9.38 Å². The highest BCUT2D eigenvalue weighted by molar-refractivity contribution is 8.14. The molecule has 4 nitrogen and oxygen atoms in total. The lowest BCUT2D eigenvalue weighted by Crippen LogP contribution is -2.27. The first kappa shape index (κ1) is 21.5. The molecule has 160 valence electrons. The maximum absolute atomic E-state index is 13.4. The van der Waals surface area contributed by atoms with Gasteiger partial charge in [-0.05, 0) is 61.9 Å². The molecule has 0 aromatic heterocycles. The summed E-state index contributed by atoms with van der Waals surface area (Å²) in [5.41, 5.74) is 4.70. The van der Waals surface area contributed by atoms with Gasteiger partial charge in [0.2, 0.25) is 5.91 Å². The molecule has 1 aliphatic carbocycles. The number of hydrogen-bond donors (Lipinski definition) is 1. The number of nitrogens with zero attached hydrogens (tertiary/aromatic N) is 2. The first-order valence-corrected chi connectivity index (χ1v) is 11.7. The van der Waals surface area contributed by atoms with Crippen LogP contribution in [0.25, 0.3) is 0 Å². The number of aliphatic imine (C=N–C) groups is 2. The van der Waals surface area contributed by atoms with Crippen molar-refractivity contribution < 1.29 is 9.18 Å². The van der Waals surface area contributed by atoms with Crippen LogP contribution in [0.2, 0.25) is 0 Å². The van der Waals surface area contributed by atoms with Crippen LogP contribution in [0.3, 0.4) is 0 Å². The summed E-state index contributed by atoms with van der Waals surface area (Å²) in [6.45, 7) is 0.683. The van der Waals surface area contributed by atoms with Crippen molar-refractivity contribution >= 4 is 39.8 Å². The summed E-state index contributed by atoms with van der Waals surface area (Å²) < 4.78 is 13.4. The molecule has 2 aromatic rings. The van der Waals surface area contributed by atoms with Crippen LogP contribution in [0.5, 0.6) is 0 Å². The molecular weight excluding hydrogens is 409 g/mol. The summed E-state index contributed by atoms with van der Waals surface area (Å²) >= 11 is 1.44. The second-order valence-electron chi connectivity index (χ2n) is 7.73. The average molecular weight is 436 g/mol. The molecule has 0 unspecified atom stereocenters. The van der Waals surface area contributed by atoms with Gasteiger partial charge in [-0.3, -0.25) is 9.79 Å². The zero-order chi connectivity index (χ0) is 21.5. The van der Waals surface area contributed by atoms with Gasteiger partial charge in [-0.2, -0.15) is 0 Å². The highest BCUT2D eigenvalue weighted by Gasteiger charge is 2.16. The first-order chi connectivity index (χ1) is 15.2. The Morgan fingerprint density at radius 3 is 2.55 bits per heavy atom. The molecule has 0 saturated carbocycles. The number of hydrogen-bond acceptors (Lipinski definition) is 4. The summed E-state index contributed by atoms with van der Waals surface area (Å²) in [5, 5.41) is 3.86. The van der Waals surface area contributed by atoms with Gasteiger partial charge in [0.25, 0.3) is 0 Å². The van der Waals surface area contributed by atoms with Gasteiger partial charge < -0.3 is 5.32 Å². The van der Waals surface area contributed by atoms with Crippen molar-refractivity contribution in [1.82, 2.24) is 5.32 Å². The standard InChI is InChI=1S/C25H26FN3OS/c26-20-12-10-19(11-13-20)23-16-25(29-22-9-5-4-8-21(22)28-23)31-17-24(30)27-15-14-18-6-2-1-3-7-18/h4-6,8-13H,1-3,7,14-17H2,(H,27,30). The van der Waals surface area contributed by atoms with Gasteiger partial charge in [0.05, 0.1) is 27.9 Å². The summed E-state index contributed by atoms with van der Waals surface area (Å²) in [7, 11) is 0. The number of thioether (sulfide) groups is 1. The zero-order valence-electron chi connectivity index (χ0n) is 17.4. The molecule has 0 bridgehead atoms. The average Bonchev–Trinajstić information content (AvgIpc) is 2.98. The number of amides is 1. The predicted molar refractivity (Wildman–Crippen MR) is 127 cm³/mol. The predicted octanol–water partition coefficient (Wildman–Crippen LogP) is 6.12. The summed E-state index contributed by atoms with van der Waals surface area (Å²) in [6.07, 6.45) is 8.62. The maximum Gasteiger partial charge on any atom is 0.230 e. The molecule has 1 amide bonds. The van der Waals surface area contributed by atoms with Crippen molar-refractivity contribution in [2.45, 2.75) is 38.5 Å². The van der Waals surface area contributed by atoms with E-state index in [2.05, 4.69) is 11.4 Å². The third kappa shape index (κ3) is 6.14. The number of carbonyl (C=O) groups excluding carboxylic acids is 1. The van der Waals surface area contributed by atoms with Crippen molar-refractivity contribution in [3.63, 3.8) is 0 Å². The molecule has 1 aliphatic heterocycles. The molecular formula is C25H26FN3OS. The Labute approximate surface area is 186 Å². The van der Waals surface area contributed by atoms with Crippen LogP contribution >= 0.6 is 11.8 Å². The fourth-order valence-electron chi connectivity index (χ4n) is 3.74. The lowest BCUT2D eigenvalue weighted by molar-refractivity contribution is -0.118. The van der Waals surface area contributed by atoms with Gasteiger partial charge in [0.1, 0.15) is 5.82 Å². The highest BCUT2D eigenvalue weighted by Crippen LogP contribution is 2.33. The van der Waals surface area contributed by atoms with Crippen LogP contribution in [0, 0.1) is 5.82 Å². The van der Waals surface area contributed by atoms with Crippen LogP contribution in [-0.2, 0) is 4.79 Å². The van der Waals surface area contributed by atoms with E-state index in [9.17, 15) is 9.18 Å². The number of allylic oxidation sites excluding steroid dienone is 1. The smallest absolute Gasteiger partial charge is 0.230 e. The summed E-state index contributed by atoms with van der Waals surface area (Å²) in [4.78, 5) is 21.9. The minimum absolute atomic E-state index is 0.0157. The van der Waals surface area contributed by atoms with E-state index < -0.39 is 0 Å². The van der Waals surface area contributed by atoms with Crippen molar-refractivity contribution in [1.29, 1.82) is 0 Å². The Hall–Kier alpha value is -2.73. The molecule has 31 heavy (non-hydrogen) atoms. The Bertz CT molecular complexity index is 1030. The minimum atomic E-state index is -0.276. The topological polar surface area (TPSA) is 53.8 Å². The van der Waals surface area contributed by atoms with E-state index in [-0.39, 0.29) is 11.7 Å². The van der Waals surface area contributed by atoms with Gasteiger partial charge in [0, 0.05) is 13.0 Å². The molecule has 0 atom stereocenters. The van der Waals surface area contributed by atoms with E-state index in [4.69, 9.17) is 9.98 Å². The normalized spacial score (nSPS) is 15.8. The molecule has 2 aliphatic rings. The fraction of sp³-hybridized carbons (Fsp3) is 0.320. The molecule has 2 aromatic carbocycles. The van der Waals surface area contributed by atoms with E-state index in [1.54, 1.807) is 12.1 Å². The molecule has 0 spiro atoms. The van der Waals surface area contributed by atoms with Crippen LogP contribution < -0.4 is 5.32 Å². The van der Waals surface area contributed by atoms with E-state index in [1.807, 2.05) is 24.3 Å². The molecule has 0 saturated heterocycles. The maximum atomic E-state index is 13.4. The molecule has 1 N–H and O–H groups in total. The summed E-state index contributed by atoms with van der Waals surface area (Å²) in [5.74, 6) is 0.0562. The second kappa shape index (κ2) is 10.5. The Morgan fingerprint density at radius 1 is 1.03 bits per heavy atom. The molecule has 0 fully saturated rings. The van der Waals surface area contributed by atoms with Crippen molar-refractivity contribution in [2.75, 3.05) is 12.3 Å². The van der Waals surface area contributed by atoms with Crippen molar-refractivity contribution in [3.8, 4) is 0 Å². The number of halogens is 1.